The fourth-order valence-electron chi connectivity index (χ4n) is 1.72. The first kappa shape index (κ1) is 11.7. The highest BCUT2D eigenvalue weighted by molar-refractivity contribution is 6.35. The van der Waals surface area contributed by atoms with Crippen molar-refractivity contribution in [3.05, 3.63) is 51.9 Å². The molecule has 4 heteroatoms. The molecule has 2 N–H and O–H groups in total. The number of aryl methyl sites for hydroxylation is 2. The summed E-state index contributed by atoms with van der Waals surface area (Å²) in [6, 6.07) is 6.56. The molecule has 2 rings (SSSR count). The highest BCUT2D eigenvalue weighted by Crippen LogP contribution is 2.24. The summed E-state index contributed by atoms with van der Waals surface area (Å²) in [4.78, 5) is 12.3. The Kier molecular flexibility index (Phi) is 2.94. The molecule has 1 heterocycles. The van der Waals surface area contributed by atoms with Gasteiger partial charge in [-0.2, -0.15) is 0 Å². The second-order valence-corrected chi connectivity index (χ2v) is 4.30. The van der Waals surface area contributed by atoms with Crippen LogP contribution in [0, 0.1) is 13.8 Å². The van der Waals surface area contributed by atoms with E-state index in [2.05, 4.69) is 0 Å². The van der Waals surface area contributed by atoms with E-state index in [0.717, 1.165) is 0 Å². The third-order valence-electron chi connectivity index (χ3n) is 2.52. The molecule has 0 spiro atoms. The van der Waals surface area contributed by atoms with Crippen molar-refractivity contribution >= 4 is 23.1 Å². The Morgan fingerprint density at radius 3 is 2.53 bits per heavy atom. The van der Waals surface area contributed by atoms with Crippen molar-refractivity contribution in [3.8, 4) is 0 Å². The normalized spacial score (nSPS) is 10.5. The summed E-state index contributed by atoms with van der Waals surface area (Å²) in [5.74, 6) is 1.12. The molecule has 1 aromatic heterocycles. The molecular formula is C13H12ClNO2. The Morgan fingerprint density at radius 1 is 1.24 bits per heavy atom. The predicted octanol–water partition coefficient (Wildman–Crippen LogP) is 3.36. The van der Waals surface area contributed by atoms with Crippen molar-refractivity contribution < 1.29 is 9.21 Å². The second-order valence-electron chi connectivity index (χ2n) is 3.90. The van der Waals surface area contributed by atoms with Crippen LogP contribution in [0.1, 0.15) is 27.4 Å². The van der Waals surface area contributed by atoms with Gasteiger partial charge in [-0.1, -0.05) is 11.6 Å². The van der Waals surface area contributed by atoms with Gasteiger partial charge in [0.1, 0.15) is 11.5 Å². The molecule has 1 aromatic carbocycles. The third kappa shape index (κ3) is 2.19. The molecule has 2 aromatic rings. The molecule has 0 amide bonds. The largest absolute Gasteiger partial charge is 0.466 e. The van der Waals surface area contributed by atoms with Crippen LogP contribution in [0.4, 0.5) is 5.69 Å². The summed E-state index contributed by atoms with van der Waals surface area (Å²) in [5, 5.41) is 0.391. The third-order valence-corrected chi connectivity index (χ3v) is 2.85. The van der Waals surface area contributed by atoms with Crippen molar-refractivity contribution in [2.75, 3.05) is 5.73 Å². The summed E-state index contributed by atoms with van der Waals surface area (Å²) < 4.78 is 5.33. The summed E-state index contributed by atoms with van der Waals surface area (Å²) in [7, 11) is 0. The number of nitrogens with two attached hydrogens (primary N) is 1. The van der Waals surface area contributed by atoms with Crippen LogP contribution in [-0.2, 0) is 0 Å². The number of hydrogen-bond acceptors (Lipinski definition) is 3. The van der Waals surface area contributed by atoms with E-state index in [-0.39, 0.29) is 5.78 Å². The van der Waals surface area contributed by atoms with Gasteiger partial charge in [-0.05, 0) is 38.1 Å². The quantitative estimate of drug-likeness (QED) is 0.656. The van der Waals surface area contributed by atoms with Crippen molar-refractivity contribution in [3.63, 3.8) is 0 Å². The van der Waals surface area contributed by atoms with Crippen LogP contribution in [0.5, 0.6) is 0 Å². The van der Waals surface area contributed by atoms with Crippen LogP contribution in [0.25, 0.3) is 0 Å². The fourth-order valence-corrected chi connectivity index (χ4v) is 1.92. The van der Waals surface area contributed by atoms with Gasteiger partial charge >= 0.3 is 0 Å². The van der Waals surface area contributed by atoms with Gasteiger partial charge in [-0.3, -0.25) is 4.79 Å². The van der Waals surface area contributed by atoms with E-state index in [0.29, 0.717) is 33.4 Å². The molecule has 0 atom stereocenters. The molecule has 0 saturated carbocycles. The Bertz CT molecular complexity index is 587. The van der Waals surface area contributed by atoms with Gasteiger partial charge < -0.3 is 10.2 Å². The maximum absolute atomic E-state index is 12.3. The van der Waals surface area contributed by atoms with Crippen molar-refractivity contribution in [2.45, 2.75) is 13.8 Å². The lowest BCUT2D eigenvalue weighted by Gasteiger charge is -2.03. The van der Waals surface area contributed by atoms with Gasteiger partial charge in [-0.25, -0.2) is 0 Å². The topological polar surface area (TPSA) is 56.2 Å². The standard InChI is InChI=1S/C13H12ClNO2/c1-7-5-10(8(2)17-7)13(16)11-6-9(15)3-4-12(11)14/h3-6H,15H2,1-2H3. The molecule has 0 radical (unpaired) electrons. The molecule has 0 unspecified atom stereocenters. The Labute approximate surface area is 104 Å². The molecule has 88 valence electrons. The number of halogens is 1. The summed E-state index contributed by atoms with van der Waals surface area (Å²) in [6.07, 6.45) is 0. The summed E-state index contributed by atoms with van der Waals surface area (Å²) in [6.45, 7) is 3.55. The first-order valence-corrected chi connectivity index (χ1v) is 5.53. The van der Waals surface area contributed by atoms with Gasteiger partial charge in [0.05, 0.1) is 10.6 Å². The fraction of sp³-hybridized carbons (Fsp3) is 0.154. The zero-order chi connectivity index (χ0) is 12.6. The number of furan rings is 1. The number of hydrogen-bond donors (Lipinski definition) is 1. The van der Waals surface area contributed by atoms with E-state index in [1.54, 1.807) is 38.1 Å². The lowest BCUT2D eigenvalue weighted by Crippen LogP contribution is -2.03. The van der Waals surface area contributed by atoms with Crippen LogP contribution >= 0.6 is 11.6 Å². The van der Waals surface area contributed by atoms with Crippen molar-refractivity contribution in [1.29, 1.82) is 0 Å². The van der Waals surface area contributed by atoms with Crippen LogP contribution < -0.4 is 5.73 Å². The van der Waals surface area contributed by atoms with Crippen LogP contribution in [0.3, 0.4) is 0 Å². The number of carbonyl (C=O) groups excluding carboxylic acids is 1. The predicted molar refractivity (Wildman–Crippen MR) is 67.5 cm³/mol. The second kappa shape index (κ2) is 4.26. The molecule has 0 fully saturated rings. The number of ketones is 1. The summed E-state index contributed by atoms with van der Waals surface area (Å²) >= 11 is 5.99. The average Bonchev–Trinajstić information content (AvgIpc) is 2.60. The van der Waals surface area contributed by atoms with Crippen LogP contribution in [0.2, 0.25) is 5.02 Å². The highest BCUT2D eigenvalue weighted by atomic mass is 35.5. The Morgan fingerprint density at radius 2 is 1.94 bits per heavy atom. The molecule has 3 nitrogen and oxygen atoms in total. The van der Waals surface area contributed by atoms with Gasteiger partial charge in [0.25, 0.3) is 0 Å². The number of carbonyl (C=O) groups is 1. The monoisotopic (exact) mass is 249 g/mol. The molecule has 0 aliphatic heterocycles. The van der Waals surface area contributed by atoms with E-state index in [1.165, 1.54) is 0 Å². The zero-order valence-corrected chi connectivity index (χ0v) is 10.3. The van der Waals surface area contributed by atoms with Gasteiger partial charge in [0.2, 0.25) is 0 Å². The molecule has 17 heavy (non-hydrogen) atoms. The van der Waals surface area contributed by atoms with Crippen molar-refractivity contribution in [1.82, 2.24) is 0 Å². The molecule has 0 saturated heterocycles. The molecular weight excluding hydrogens is 238 g/mol. The van der Waals surface area contributed by atoms with E-state index in [1.807, 2.05) is 0 Å². The van der Waals surface area contributed by atoms with Gasteiger partial charge in [0.15, 0.2) is 5.78 Å². The van der Waals surface area contributed by atoms with E-state index in [9.17, 15) is 4.79 Å². The van der Waals surface area contributed by atoms with Gasteiger partial charge in [-0.15, -0.1) is 0 Å². The van der Waals surface area contributed by atoms with Crippen molar-refractivity contribution in [2.24, 2.45) is 0 Å². The number of anilines is 1. The molecule has 0 aliphatic carbocycles. The van der Waals surface area contributed by atoms with Crippen LogP contribution in [-0.4, -0.2) is 5.78 Å². The lowest BCUT2D eigenvalue weighted by atomic mass is 10.0. The first-order valence-electron chi connectivity index (χ1n) is 5.16. The van der Waals surface area contributed by atoms with Crippen LogP contribution in [0.15, 0.2) is 28.7 Å². The first-order chi connectivity index (χ1) is 7.99. The number of nitrogen functional groups attached to an aromatic ring is 1. The number of benzene rings is 1. The van der Waals surface area contributed by atoms with E-state index < -0.39 is 0 Å². The Hall–Kier alpha value is -1.74. The average molecular weight is 250 g/mol. The minimum Gasteiger partial charge on any atom is -0.466 e. The maximum atomic E-state index is 12.3. The zero-order valence-electron chi connectivity index (χ0n) is 9.58. The van der Waals surface area contributed by atoms with Gasteiger partial charge in [0, 0.05) is 11.3 Å². The SMILES string of the molecule is Cc1cc(C(=O)c2cc(N)ccc2Cl)c(C)o1. The smallest absolute Gasteiger partial charge is 0.198 e. The Balaban J connectivity index is 2.50. The minimum atomic E-state index is -0.170. The maximum Gasteiger partial charge on any atom is 0.198 e. The highest BCUT2D eigenvalue weighted by Gasteiger charge is 2.18. The minimum absolute atomic E-state index is 0.170. The molecule has 0 aliphatic rings. The summed E-state index contributed by atoms with van der Waals surface area (Å²) in [5.41, 5.74) is 7.08. The van der Waals surface area contributed by atoms with E-state index in [4.69, 9.17) is 21.8 Å². The lowest BCUT2D eigenvalue weighted by molar-refractivity contribution is 0.103. The molecule has 0 bridgehead atoms. The van der Waals surface area contributed by atoms with E-state index >= 15 is 0 Å². The number of rotatable bonds is 2.